The van der Waals surface area contributed by atoms with Crippen molar-refractivity contribution < 1.29 is 9.18 Å². The summed E-state index contributed by atoms with van der Waals surface area (Å²) in [7, 11) is 0. The van der Waals surface area contributed by atoms with Crippen molar-refractivity contribution in [3.8, 4) is 0 Å². The van der Waals surface area contributed by atoms with Crippen LogP contribution in [-0.2, 0) is 17.6 Å². The Bertz CT molecular complexity index is 1250. The van der Waals surface area contributed by atoms with E-state index < -0.39 is 5.82 Å². The highest BCUT2D eigenvalue weighted by Gasteiger charge is 2.21. The number of carbonyl (C=O) groups excluding carboxylic acids is 1. The van der Waals surface area contributed by atoms with E-state index >= 15 is 0 Å². The van der Waals surface area contributed by atoms with Crippen LogP contribution in [0.5, 0.6) is 0 Å². The minimum Gasteiger partial charge on any atom is -0.323 e. The highest BCUT2D eigenvalue weighted by Crippen LogP contribution is 2.37. The number of hydrogen-bond donors (Lipinski definition) is 1. The average molecular weight is 492 g/mol. The van der Waals surface area contributed by atoms with E-state index in [-0.39, 0.29) is 17.3 Å². The van der Waals surface area contributed by atoms with Gasteiger partial charge in [0.15, 0.2) is 10.8 Å². The van der Waals surface area contributed by atoms with Crippen molar-refractivity contribution in [3.63, 3.8) is 0 Å². The number of anilines is 1. The molecule has 10 heteroatoms. The number of halogens is 2. The molecule has 1 aliphatic rings. The van der Waals surface area contributed by atoms with Crippen LogP contribution < -0.4 is 5.32 Å². The number of aromatic nitrogens is 4. The molecule has 29 heavy (non-hydrogen) atoms. The van der Waals surface area contributed by atoms with Crippen LogP contribution in [0.4, 0.5) is 10.1 Å². The lowest BCUT2D eigenvalue weighted by Crippen LogP contribution is -2.15. The summed E-state index contributed by atoms with van der Waals surface area (Å²) in [5, 5.41) is 12.9. The molecule has 0 radical (unpaired) electrons. The summed E-state index contributed by atoms with van der Waals surface area (Å²) in [6, 6.07) is 4.51. The number of carbonyl (C=O) groups is 1. The number of hydrogen-bond acceptors (Lipinski definition) is 6. The molecule has 148 valence electrons. The van der Waals surface area contributed by atoms with E-state index in [0.717, 1.165) is 28.7 Å². The first-order valence-corrected chi connectivity index (χ1v) is 11.7. The van der Waals surface area contributed by atoms with E-state index in [1.54, 1.807) is 23.7 Å². The van der Waals surface area contributed by atoms with Gasteiger partial charge >= 0.3 is 0 Å². The number of nitrogens with zero attached hydrogens (tertiary/aromatic N) is 4. The minimum atomic E-state index is -0.487. The maximum Gasteiger partial charge on any atom is 0.234 e. The van der Waals surface area contributed by atoms with Crippen molar-refractivity contribution in [2.75, 3.05) is 11.1 Å². The SMILES string of the molecule is O=C(CSc1nnc2c3c4c(sc3ncn12)CCCC4)Nc1ccc(Br)cc1F. The van der Waals surface area contributed by atoms with E-state index in [4.69, 9.17) is 0 Å². The van der Waals surface area contributed by atoms with Gasteiger partial charge in [-0.25, -0.2) is 9.37 Å². The monoisotopic (exact) mass is 491 g/mol. The van der Waals surface area contributed by atoms with Crippen molar-refractivity contribution in [1.29, 1.82) is 0 Å². The molecule has 0 aliphatic heterocycles. The smallest absolute Gasteiger partial charge is 0.234 e. The molecule has 0 bridgehead atoms. The van der Waals surface area contributed by atoms with Gasteiger partial charge in [-0.05, 0) is 49.4 Å². The summed E-state index contributed by atoms with van der Waals surface area (Å²) in [6.07, 6.45) is 6.27. The first-order chi connectivity index (χ1) is 14.1. The molecule has 1 aromatic carbocycles. The zero-order valence-electron chi connectivity index (χ0n) is 15.1. The molecule has 1 N–H and O–H groups in total. The Hall–Kier alpha value is -2.04. The first-order valence-electron chi connectivity index (χ1n) is 9.12. The number of rotatable bonds is 4. The second kappa shape index (κ2) is 7.66. The molecule has 6 nitrogen and oxygen atoms in total. The fraction of sp³-hybridized carbons (Fsp3) is 0.263. The predicted molar refractivity (Wildman–Crippen MR) is 116 cm³/mol. The van der Waals surface area contributed by atoms with Gasteiger partial charge in [-0.2, -0.15) is 0 Å². The molecule has 3 heterocycles. The summed E-state index contributed by atoms with van der Waals surface area (Å²) in [6.45, 7) is 0. The van der Waals surface area contributed by atoms with Crippen LogP contribution >= 0.6 is 39.0 Å². The van der Waals surface area contributed by atoms with Crippen LogP contribution in [0.1, 0.15) is 23.3 Å². The van der Waals surface area contributed by atoms with Gasteiger partial charge in [0.25, 0.3) is 0 Å². The quantitative estimate of drug-likeness (QED) is 0.413. The van der Waals surface area contributed by atoms with Gasteiger partial charge < -0.3 is 5.32 Å². The average Bonchev–Trinajstić information content (AvgIpc) is 3.29. The van der Waals surface area contributed by atoms with Crippen LogP contribution in [0.25, 0.3) is 15.9 Å². The van der Waals surface area contributed by atoms with Crippen LogP contribution in [0.2, 0.25) is 0 Å². The predicted octanol–water partition coefficient (Wildman–Crippen LogP) is 4.85. The lowest BCUT2D eigenvalue weighted by Gasteiger charge is -2.10. The van der Waals surface area contributed by atoms with E-state index in [1.807, 2.05) is 4.40 Å². The van der Waals surface area contributed by atoms with Crippen molar-refractivity contribution in [2.45, 2.75) is 30.8 Å². The molecule has 4 aromatic rings. The Morgan fingerprint density at radius 1 is 1.31 bits per heavy atom. The molecule has 0 fully saturated rings. The molecule has 0 spiro atoms. The molecule has 0 unspecified atom stereocenters. The number of fused-ring (bicyclic) bond motifs is 5. The largest absolute Gasteiger partial charge is 0.323 e. The summed E-state index contributed by atoms with van der Waals surface area (Å²) in [5.74, 6) is -0.704. The Balaban J connectivity index is 1.37. The molecule has 3 aromatic heterocycles. The molecule has 0 atom stereocenters. The molecular weight excluding hydrogens is 477 g/mol. The third-order valence-electron chi connectivity index (χ3n) is 4.87. The number of amides is 1. The Morgan fingerprint density at radius 2 is 2.17 bits per heavy atom. The van der Waals surface area contributed by atoms with Gasteiger partial charge in [-0.15, -0.1) is 21.5 Å². The van der Waals surface area contributed by atoms with Crippen LogP contribution in [-0.4, -0.2) is 31.2 Å². The number of aryl methyl sites for hydroxylation is 2. The highest BCUT2D eigenvalue weighted by molar-refractivity contribution is 9.10. The van der Waals surface area contributed by atoms with Gasteiger partial charge in [-0.1, -0.05) is 27.7 Å². The highest BCUT2D eigenvalue weighted by atomic mass is 79.9. The Morgan fingerprint density at radius 3 is 3.03 bits per heavy atom. The van der Waals surface area contributed by atoms with E-state index in [0.29, 0.717) is 9.63 Å². The fourth-order valence-corrected chi connectivity index (χ4v) is 5.80. The third kappa shape index (κ3) is 3.53. The maximum atomic E-state index is 13.9. The molecule has 0 saturated heterocycles. The third-order valence-corrected chi connectivity index (χ3v) is 7.51. The fourth-order valence-electron chi connectivity index (χ4n) is 3.54. The minimum absolute atomic E-state index is 0.0933. The standard InChI is InChI=1S/C19H15BrFN5OS2/c20-10-5-6-13(12(21)7-10)23-15(27)8-28-19-25-24-17-16-11-3-1-2-4-14(11)29-18(16)22-9-26(17)19/h5-7,9H,1-4,8H2,(H,23,27). The topological polar surface area (TPSA) is 72.2 Å². The molecule has 5 rings (SSSR count). The lowest BCUT2D eigenvalue weighted by atomic mass is 9.97. The first kappa shape index (κ1) is 19.0. The lowest BCUT2D eigenvalue weighted by molar-refractivity contribution is -0.113. The van der Waals surface area contributed by atoms with Crippen LogP contribution in [0.3, 0.4) is 0 Å². The van der Waals surface area contributed by atoms with Gasteiger partial charge in [0.1, 0.15) is 17.0 Å². The van der Waals surface area contributed by atoms with Gasteiger partial charge in [-0.3, -0.25) is 9.20 Å². The molecule has 1 aliphatic carbocycles. The van der Waals surface area contributed by atoms with E-state index in [1.165, 1.54) is 47.2 Å². The number of benzene rings is 1. The molecular formula is C19H15BrFN5OS2. The van der Waals surface area contributed by atoms with Gasteiger partial charge in [0.05, 0.1) is 16.8 Å². The summed E-state index contributed by atoms with van der Waals surface area (Å²) in [5.41, 5.74) is 2.29. The number of thioether (sulfide) groups is 1. The molecule has 0 saturated carbocycles. The normalized spacial score (nSPS) is 13.7. The summed E-state index contributed by atoms with van der Waals surface area (Å²) >= 11 is 6.19. The number of thiophene rings is 1. The van der Waals surface area contributed by atoms with Crippen molar-refractivity contribution in [1.82, 2.24) is 19.6 Å². The second-order valence-corrected chi connectivity index (χ2v) is 9.71. The summed E-state index contributed by atoms with van der Waals surface area (Å²) in [4.78, 5) is 19.3. The van der Waals surface area contributed by atoms with Crippen LogP contribution in [0, 0.1) is 5.82 Å². The summed E-state index contributed by atoms with van der Waals surface area (Å²) < 4.78 is 16.4. The van der Waals surface area contributed by atoms with Gasteiger partial charge in [0.2, 0.25) is 5.91 Å². The molecule has 1 amide bonds. The zero-order valence-corrected chi connectivity index (χ0v) is 18.3. The zero-order chi connectivity index (χ0) is 20.0. The maximum absolute atomic E-state index is 13.9. The number of nitrogens with one attached hydrogen (secondary N) is 1. The van der Waals surface area contributed by atoms with E-state index in [2.05, 4.69) is 36.4 Å². The van der Waals surface area contributed by atoms with Gasteiger partial charge in [0, 0.05) is 9.35 Å². The second-order valence-electron chi connectivity index (χ2n) is 6.77. The van der Waals surface area contributed by atoms with E-state index in [9.17, 15) is 9.18 Å². The Kier molecular flexibility index (Phi) is 5.00. The Labute approximate surface area is 182 Å². The van der Waals surface area contributed by atoms with Crippen molar-refractivity contribution >= 4 is 66.5 Å². The van der Waals surface area contributed by atoms with Crippen molar-refractivity contribution in [2.24, 2.45) is 0 Å². The van der Waals surface area contributed by atoms with Crippen LogP contribution in [0.15, 0.2) is 34.2 Å². The van der Waals surface area contributed by atoms with Crippen molar-refractivity contribution in [3.05, 3.63) is 45.3 Å².